The van der Waals surface area contributed by atoms with Crippen LogP contribution in [-0.4, -0.2) is 53.1 Å². The maximum Gasteiger partial charge on any atom is 0.251 e. The van der Waals surface area contributed by atoms with Crippen molar-refractivity contribution >= 4 is 17.3 Å². The van der Waals surface area contributed by atoms with E-state index in [0.29, 0.717) is 23.5 Å². The maximum atomic E-state index is 11.8. The average molecular weight is 283 g/mol. The van der Waals surface area contributed by atoms with Gasteiger partial charge in [0.15, 0.2) is 0 Å². The van der Waals surface area contributed by atoms with Crippen molar-refractivity contribution in [1.82, 2.24) is 5.32 Å². The highest BCUT2D eigenvalue weighted by Gasteiger charge is 2.28. The number of carbonyl (C=O) groups is 1. The van der Waals surface area contributed by atoms with Crippen molar-refractivity contribution in [2.45, 2.75) is 12.5 Å². The van der Waals surface area contributed by atoms with Crippen LogP contribution in [-0.2, 0) is 0 Å². The number of carbonyl (C=O) groups excluding carboxylic acids is 1. The van der Waals surface area contributed by atoms with Gasteiger partial charge in [-0.2, -0.15) is 0 Å². The second-order valence-electron chi connectivity index (χ2n) is 4.54. The Hall–Kier alpha value is -1.83. The summed E-state index contributed by atoms with van der Waals surface area (Å²) in [5, 5.41) is 33.3. The van der Waals surface area contributed by atoms with E-state index in [0.717, 1.165) is 0 Å². The minimum Gasteiger partial charge on any atom is -0.397 e. The van der Waals surface area contributed by atoms with E-state index in [1.807, 2.05) is 6.92 Å². The molecule has 20 heavy (non-hydrogen) atoms. The number of amides is 1. The summed E-state index contributed by atoms with van der Waals surface area (Å²) in [7, 11) is 0. The molecule has 0 saturated carbocycles. The van der Waals surface area contributed by atoms with Crippen LogP contribution in [0.1, 0.15) is 17.3 Å². The Balaban J connectivity index is 3.05. The second-order valence-corrected chi connectivity index (χ2v) is 4.54. The molecule has 0 bridgehead atoms. The lowest BCUT2D eigenvalue weighted by atomic mass is 10.0. The van der Waals surface area contributed by atoms with Gasteiger partial charge in [0.05, 0.1) is 31.2 Å². The summed E-state index contributed by atoms with van der Waals surface area (Å²) >= 11 is 0. The van der Waals surface area contributed by atoms with Crippen LogP contribution >= 0.6 is 0 Å². The molecule has 1 amide bonds. The molecule has 0 aliphatic rings. The molecular formula is C13H21N3O4. The molecule has 112 valence electrons. The summed E-state index contributed by atoms with van der Waals surface area (Å²) in [6.45, 7) is 0.864. The molecule has 1 aromatic carbocycles. The van der Waals surface area contributed by atoms with Crippen LogP contribution in [0, 0.1) is 0 Å². The van der Waals surface area contributed by atoms with Crippen LogP contribution in [0.5, 0.6) is 0 Å². The minimum absolute atomic E-state index is 0.252. The number of nitrogens with one attached hydrogen (secondary N) is 2. The summed E-state index contributed by atoms with van der Waals surface area (Å²) in [6, 6.07) is 4.63. The van der Waals surface area contributed by atoms with Gasteiger partial charge in [-0.1, -0.05) is 0 Å². The predicted molar refractivity (Wildman–Crippen MR) is 76.5 cm³/mol. The molecule has 1 rings (SSSR count). The largest absolute Gasteiger partial charge is 0.397 e. The maximum absolute atomic E-state index is 11.8. The Bertz CT molecular complexity index is 453. The number of anilines is 2. The summed E-state index contributed by atoms with van der Waals surface area (Å²) in [5.74, 6) is -0.252. The Morgan fingerprint density at radius 1 is 1.25 bits per heavy atom. The molecule has 0 fully saturated rings. The molecule has 0 saturated heterocycles. The van der Waals surface area contributed by atoms with E-state index < -0.39 is 25.4 Å². The third kappa shape index (κ3) is 3.60. The quantitative estimate of drug-likeness (QED) is 0.362. The van der Waals surface area contributed by atoms with Crippen LogP contribution in [0.15, 0.2) is 18.2 Å². The van der Waals surface area contributed by atoms with Gasteiger partial charge in [-0.3, -0.25) is 4.79 Å². The van der Waals surface area contributed by atoms with Crippen LogP contribution in [0.3, 0.4) is 0 Å². The highest BCUT2D eigenvalue weighted by atomic mass is 16.3. The number of nitrogen functional groups attached to an aromatic ring is 1. The minimum atomic E-state index is -1.30. The summed E-state index contributed by atoms with van der Waals surface area (Å²) in [5.41, 5.74) is 5.60. The zero-order valence-corrected chi connectivity index (χ0v) is 11.4. The topological polar surface area (TPSA) is 128 Å². The first-order valence-corrected chi connectivity index (χ1v) is 6.30. The van der Waals surface area contributed by atoms with E-state index in [9.17, 15) is 20.1 Å². The van der Waals surface area contributed by atoms with Gasteiger partial charge in [0.2, 0.25) is 0 Å². The van der Waals surface area contributed by atoms with Crippen LogP contribution < -0.4 is 16.4 Å². The first-order valence-electron chi connectivity index (χ1n) is 6.30. The van der Waals surface area contributed by atoms with Gasteiger partial charge in [0, 0.05) is 12.1 Å². The van der Waals surface area contributed by atoms with Crippen LogP contribution in [0.2, 0.25) is 0 Å². The third-order valence-corrected chi connectivity index (χ3v) is 2.96. The highest BCUT2D eigenvalue weighted by molar-refractivity contribution is 5.96. The number of rotatable bonds is 7. The first-order chi connectivity index (χ1) is 9.51. The average Bonchev–Trinajstić information content (AvgIpc) is 2.47. The van der Waals surface area contributed by atoms with Crippen molar-refractivity contribution < 1.29 is 20.1 Å². The van der Waals surface area contributed by atoms with E-state index >= 15 is 0 Å². The SMILES string of the molecule is CCNC(=O)c1ccc(N)c(NC(CO)(CO)CO)c1. The van der Waals surface area contributed by atoms with Crippen molar-refractivity contribution in [2.24, 2.45) is 0 Å². The number of aliphatic hydroxyl groups excluding tert-OH is 3. The van der Waals surface area contributed by atoms with Gasteiger partial charge >= 0.3 is 0 Å². The number of benzene rings is 1. The summed E-state index contributed by atoms with van der Waals surface area (Å²) < 4.78 is 0. The third-order valence-electron chi connectivity index (χ3n) is 2.96. The molecule has 7 nitrogen and oxygen atoms in total. The fourth-order valence-electron chi connectivity index (χ4n) is 1.62. The van der Waals surface area contributed by atoms with Gasteiger partial charge in [0.25, 0.3) is 5.91 Å². The normalized spacial score (nSPS) is 11.2. The fraction of sp³-hybridized carbons (Fsp3) is 0.462. The lowest BCUT2D eigenvalue weighted by Crippen LogP contribution is -2.49. The zero-order chi connectivity index (χ0) is 15.2. The number of aliphatic hydroxyl groups is 3. The fourth-order valence-corrected chi connectivity index (χ4v) is 1.62. The van der Waals surface area contributed by atoms with Crippen molar-refractivity contribution in [3.63, 3.8) is 0 Å². The van der Waals surface area contributed by atoms with Crippen molar-refractivity contribution in [2.75, 3.05) is 37.4 Å². The number of nitrogens with two attached hydrogens (primary N) is 1. The molecular weight excluding hydrogens is 262 g/mol. The van der Waals surface area contributed by atoms with E-state index in [1.54, 1.807) is 12.1 Å². The molecule has 0 spiro atoms. The van der Waals surface area contributed by atoms with Crippen LogP contribution in [0.4, 0.5) is 11.4 Å². The van der Waals surface area contributed by atoms with Gasteiger partial charge in [-0.05, 0) is 25.1 Å². The van der Waals surface area contributed by atoms with E-state index in [2.05, 4.69) is 10.6 Å². The number of hydrogen-bond acceptors (Lipinski definition) is 6. The highest BCUT2D eigenvalue weighted by Crippen LogP contribution is 2.24. The summed E-state index contributed by atoms with van der Waals surface area (Å²) in [6.07, 6.45) is 0. The van der Waals surface area contributed by atoms with Gasteiger partial charge < -0.3 is 31.7 Å². The molecule has 7 N–H and O–H groups in total. The molecule has 0 aliphatic heterocycles. The zero-order valence-electron chi connectivity index (χ0n) is 11.4. The molecule has 0 atom stereocenters. The van der Waals surface area contributed by atoms with Gasteiger partial charge in [-0.15, -0.1) is 0 Å². The Kier molecular flexibility index (Phi) is 5.75. The Morgan fingerprint density at radius 2 is 1.85 bits per heavy atom. The molecule has 0 aromatic heterocycles. The van der Waals surface area contributed by atoms with Crippen molar-refractivity contribution in [1.29, 1.82) is 0 Å². The summed E-state index contributed by atoms with van der Waals surface area (Å²) in [4.78, 5) is 11.8. The van der Waals surface area contributed by atoms with E-state index in [4.69, 9.17) is 5.73 Å². The van der Waals surface area contributed by atoms with E-state index in [-0.39, 0.29) is 5.91 Å². The number of hydrogen-bond donors (Lipinski definition) is 6. The Morgan fingerprint density at radius 3 is 2.35 bits per heavy atom. The standard InChI is InChI=1S/C13H21N3O4/c1-2-15-12(20)9-3-4-10(14)11(5-9)16-13(6-17,7-18)8-19/h3-5,16-19H,2,6-8,14H2,1H3,(H,15,20). The van der Waals surface area contributed by atoms with Crippen molar-refractivity contribution in [3.05, 3.63) is 23.8 Å². The van der Waals surface area contributed by atoms with Crippen molar-refractivity contribution in [3.8, 4) is 0 Å². The predicted octanol–water partition coefficient (Wildman–Crippen LogP) is -0.854. The van der Waals surface area contributed by atoms with Gasteiger partial charge in [0.1, 0.15) is 5.54 Å². The first kappa shape index (κ1) is 16.2. The molecule has 0 heterocycles. The van der Waals surface area contributed by atoms with E-state index in [1.165, 1.54) is 6.07 Å². The van der Waals surface area contributed by atoms with Gasteiger partial charge in [-0.25, -0.2) is 0 Å². The lowest BCUT2D eigenvalue weighted by Gasteiger charge is -2.30. The molecule has 7 heteroatoms. The second kappa shape index (κ2) is 7.09. The van der Waals surface area contributed by atoms with Crippen LogP contribution in [0.25, 0.3) is 0 Å². The molecule has 0 aliphatic carbocycles. The smallest absolute Gasteiger partial charge is 0.251 e. The lowest BCUT2D eigenvalue weighted by molar-refractivity contribution is 0.0834. The molecule has 0 radical (unpaired) electrons. The Labute approximate surface area is 117 Å². The molecule has 1 aromatic rings. The molecule has 0 unspecified atom stereocenters. The monoisotopic (exact) mass is 283 g/mol.